The van der Waals surface area contributed by atoms with Crippen LogP contribution in [-0.4, -0.2) is 24.9 Å². The van der Waals surface area contributed by atoms with Gasteiger partial charge in [-0.1, -0.05) is 12.2 Å². The molecule has 1 aromatic rings. The van der Waals surface area contributed by atoms with Gasteiger partial charge in [-0.15, -0.1) is 0 Å². The van der Waals surface area contributed by atoms with Crippen LogP contribution < -0.4 is 4.74 Å². The zero-order valence-corrected chi connectivity index (χ0v) is 12.0. The van der Waals surface area contributed by atoms with Gasteiger partial charge in [0.15, 0.2) is 0 Å². The number of unbranched alkanes of at least 4 members (excludes halogenated alkanes) is 1. The molecule has 0 saturated carbocycles. The summed E-state index contributed by atoms with van der Waals surface area (Å²) in [5, 5.41) is 9.16. The van der Waals surface area contributed by atoms with Gasteiger partial charge in [-0.05, 0) is 62.3 Å². The van der Waals surface area contributed by atoms with Crippen LogP contribution in [-0.2, 0) is 4.74 Å². The predicted molar refractivity (Wildman–Crippen MR) is 80.1 cm³/mol. The molecule has 0 amide bonds. The van der Waals surface area contributed by atoms with Crippen molar-refractivity contribution >= 4 is 0 Å². The lowest BCUT2D eigenvalue weighted by molar-refractivity contribution is 0.0907. The first kappa shape index (κ1) is 14.9. The SMILES string of the molecule is Oc1ccc(OCCCCOCC2CC=CCC2)cc1. The van der Waals surface area contributed by atoms with Crippen LogP contribution in [0.25, 0.3) is 0 Å². The molecule has 110 valence electrons. The first-order valence-electron chi connectivity index (χ1n) is 7.49. The highest BCUT2D eigenvalue weighted by Gasteiger charge is 2.09. The summed E-state index contributed by atoms with van der Waals surface area (Å²) >= 11 is 0. The van der Waals surface area contributed by atoms with E-state index in [9.17, 15) is 0 Å². The van der Waals surface area contributed by atoms with Crippen molar-refractivity contribution in [2.24, 2.45) is 5.92 Å². The van der Waals surface area contributed by atoms with Gasteiger partial charge in [-0.2, -0.15) is 0 Å². The maximum Gasteiger partial charge on any atom is 0.119 e. The minimum atomic E-state index is 0.267. The minimum Gasteiger partial charge on any atom is -0.508 e. The first-order chi connectivity index (χ1) is 9.84. The summed E-state index contributed by atoms with van der Waals surface area (Å²) < 4.78 is 11.3. The Morgan fingerprint density at radius 1 is 1.05 bits per heavy atom. The van der Waals surface area contributed by atoms with Crippen LogP contribution >= 0.6 is 0 Å². The van der Waals surface area contributed by atoms with Crippen molar-refractivity contribution in [1.82, 2.24) is 0 Å². The summed E-state index contributed by atoms with van der Waals surface area (Å²) in [5.41, 5.74) is 0. The van der Waals surface area contributed by atoms with Crippen LogP contribution in [0.4, 0.5) is 0 Å². The summed E-state index contributed by atoms with van der Waals surface area (Å²) in [4.78, 5) is 0. The molecule has 0 fully saturated rings. The molecule has 1 atom stereocenters. The third-order valence-electron chi connectivity index (χ3n) is 3.52. The normalized spacial score (nSPS) is 18.1. The molecule has 0 aromatic heterocycles. The number of rotatable bonds is 8. The Bertz CT molecular complexity index is 397. The maximum absolute atomic E-state index is 9.16. The molecule has 1 N–H and O–H groups in total. The number of ether oxygens (including phenoxy) is 2. The molecule has 1 unspecified atom stereocenters. The van der Waals surface area contributed by atoms with Crippen LogP contribution in [0.1, 0.15) is 32.1 Å². The zero-order chi connectivity index (χ0) is 14.0. The zero-order valence-electron chi connectivity index (χ0n) is 12.0. The fourth-order valence-electron chi connectivity index (χ4n) is 2.30. The predicted octanol–water partition coefficient (Wildman–Crippen LogP) is 3.92. The van der Waals surface area contributed by atoms with Crippen LogP contribution in [0.5, 0.6) is 11.5 Å². The third-order valence-corrected chi connectivity index (χ3v) is 3.52. The number of hydrogen-bond donors (Lipinski definition) is 1. The van der Waals surface area contributed by atoms with E-state index in [2.05, 4.69) is 12.2 Å². The fraction of sp³-hybridized carbons (Fsp3) is 0.529. The highest BCUT2D eigenvalue weighted by molar-refractivity contribution is 5.29. The number of phenols is 1. The van der Waals surface area contributed by atoms with Gasteiger partial charge >= 0.3 is 0 Å². The molecule has 0 heterocycles. The van der Waals surface area contributed by atoms with Crippen LogP contribution in [0, 0.1) is 5.92 Å². The summed E-state index contributed by atoms with van der Waals surface area (Å²) in [7, 11) is 0. The van der Waals surface area contributed by atoms with Crippen molar-refractivity contribution in [3.05, 3.63) is 36.4 Å². The Morgan fingerprint density at radius 2 is 1.85 bits per heavy atom. The number of benzene rings is 1. The van der Waals surface area contributed by atoms with Crippen LogP contribution in [0.15, 0.2) is 36.4 Å². The molecule has 3 nitrogen and oxygen atoms in total. The molecule has 1 aliphatic carbocycles. The Labute approximate surface area is 121 Å². The molecule has 2 rings (SSSR count). The van der Waals surface area contributed by atoms with E-state index in [-0.39, 0.29) is 5.75 Å². The van der Waals surface area contributed by atoms with E-state index in [1.54, 1.807) is 24.3 Å². The second-order valence-corrected chi connectivity index (χ2v) is 5.27. The molecule has 1 aliphatic rings. The van der Waals surface area contributed by atoms with Gasteiger partial charge in [-0.3, -0.25) is 0 Å². The second kappa shape index (κ2) is 8.64. The van der Waals surface area contributed by atoms with Crippen LogP contribution in [0.2, 0.25) is 0 Å². The van der Waals surface area contributed by atoms with Gasteiger partial charge < -0.3 is 14.6 Å². The standard InChI is InChI=1S/C17H24O3/c18-16-8-10-17(11-9-16)20-13-5-4-12-19-14-15-6-2-1-3-7-15/h1-2,8-11,15,18H,3-7,12-14H2. The topological polar surface area (TPSA) is 38.7 Å². The fourth-order valence-corrected chi connectivity index (χ4v) is 2.30. The first-order valence-corrected chi connectivity index (χ1v) is 7.49. The van der Waals surface area contributed by atoms with Crippen LogP contribution in [0.3, 0.4) is 0 Å². The van der Waals surface area contributed by atoms with Crippen molar-refractivity contribution in [3.8, 4) is 11.5 Å². The summed E-state index contributed by atoms with van der Waals surface area (Å²) in [5.74, 6) is 1.79. The molecule has 3 heteroatoms. The van der Waals surface area contributed by atoms with Crippen molar-refractivity contribution < 1.29 is 14.6 Å². The average molecular weight is 276 g/mol. The molecule has 0 radical (unpaired) electrons. The Morgan fingerprint density at radius 3 is 2.60 bits per heavy atom. The van der Waals surface area contributed by atoms with Crippen molar-refractivity contribution in [2.45, 2.75) is 32.1 Å². The highest BCUT2D eigenvalue weighted by Crippen LogP contribution is 2.18. The molecular weight excluding hydrogens is 252 g/mol. The smallest absolute Gasteiger partial charge is 0.119 e. The van der Waals surface area contributed by atoms with Gasteiger partial charge in [0.1, 0.15) is 11.5 Å². The number of hydrogen-bond acceptors (Lipinski definition) is 3. The van der Waals surface area contributed by atoms with Crippen molar-refractivity contribution in [3.63, 3.8) is 0 Å². The number of aromatic hydroxyl groups is 1. The van der Waals surface area contributed by atoms with E-state index >= 15 is 0 Å². The van der Waals surface area contributed by atoms with Gasteiger partial charge in [-0.25, -0.2) is 0 Å². The van der Waals surface area contributed by atoms with E-state index in [0.29, 0.717) is 12.5 Å². The van der Waals surface area contributed by atoms with E-state index in [1.807, 2.05) is 0 Å². The Balaban J connectivity index is 1.45. The molecular formula is C17H24O3. The lowest BCUT2D eigenvalue weighted by Crippen LogP contribution is -2.12. The quantitative estimate of drug-likeness (QED) is 0.577. The molecule has 20 heavy (non-hydrogen) atoms. The summed E-state index contributed by atoms with van der Waals surface area (Å²) in [6.07, 6.45) is 10.2. The van der Waals surface area contributed by atoms with Gasteiger partial charge in [0, 0.05) is 13.2 Å². The average Bonchev–Trinajstić information content (AvgIpc) is 2.49. The van der Waals surface area contributed by atoms with E-state index in [4.69, 9.17) is 14.6 Å². The maximum atomic E-state index is 9.16. The van der Waals surface area contributed by atoms with E-state index in [0.717, 1.165) is 31.8 Å². The third kappa shape index (κ3) is 5.66. The molecule has 0 bridgehead atoms. The van der Waals surface area contributed by atoms with Crippen molar-refractivity contribution in [1.29, 1.82) is 0 Å². The summed E-state index contributed by atoms with van der Waals surface area (Å²) in [6.45, 7) is 2.41. The molecule has 0 saturated heterocycles. The highest BCUT2D eigenvalue weighted by atomic mass is 16.5. The Hall–Kier alpha value is -1.48. The lowest BCUT2D eigenvalue weighted by atomic mass is 9.95. The van der Waals surface area contributed by atoms with Crippen molar-refractivity contribution in [2.75, 3.05) is 19.8 Å². The number of phenolic OH excluding ortho intramolecular Hbond substituents is 1. The summed E-state index contributed by atoms with van der Waals surface area (Å²) in [6, 6.07) is 6.83. The van der Waals surface area contributed by atoms with Gasteiger partial charge in [0.05, 0.1) is 6.61 Å². The van der Waals surface area contributed by atoms with Gasteiger partial charge in [0.2, 0.25) is 0 Å². The Kier molecular flexibility index (Phi) is 6.45. The minimum absolute atomic E-state index is 0.267. The monoisotopic (exact) mass is 276 g/mol. The molecule has 1 aromatic carbocycles. The number of allylic oxidation sites excluding steroid dienone is 2. The van der Waals surface area contributed by atoms with E-state index < -0.39 is 0 Å². The van der Waals surface area contributed by atoms with Gasteiger partial charge in [0.25, 0.3) is 0 Å². The second-order valence-electron chi connectivity index (χ2n) is 5.27. The molecule has 0 aliphatic heterocycles. The molecule has 0 spiro atoms. The van der Waals surface area contributed by atoms with E-state index in [1.165, 1.54) is 19.3 Å². The largest absolute Gasteiger partial charge is 0.508 e. The lowest BCUT2D eigenvalue weighted by Gasteiger charge is -2.17.